The van der Waals surface area contributed by atoms with Crippen LogP contribution in [0.25, 0.3) is 0 Å². The van der Waals surface area contributed by atoms with Gasteiger partial charge in [0.05, 0.1) is 17.7 Å². The summed E-state index contributed by atoms with van der Waals surface area (Å²) >= 11 is 6.21. The molecule has 1 unspecified atom stereocenters. The molecule has 0 aliphatic heterocycles. The molecule has 1 aromatic heterocycles. The molecule has 6 heteroatoms. The van der Waals surface area contributed by atoms with Crippen LogP contribution in [-0.2, 0) is 0 Å². The van der Waals surface area contributed by atoms with Crippen LogP contribution < -0.4 is 10.1 Å². The SMILES string of the molecule is CC(C)CC(CO)NC(=O)c1ccc(Oc2ccncc2)c(Cl)c1. The van der Waals surface area contributed by atoms with Crippen molar-refractivity contribution in [1.82, 2.24) is 10.3 Å². The van der Waals surface area contributed by atoms with Crippen LogP contribution in [0.1, 0.15) is 30.6 Å². The number of nitrogens with zero attached hydrogens (tertiary/aromatic N) is 1. The summed E-state index contributed by atoms with van der Waals surface area (Å²) < 4.78 is 5.66. The van der Waals surface area contributed by atoms with Gasteiger partial charge in [0, 0.05) is 18.0 Å². The van der Waals surface area contributed by atoms with Crippen molar-refractivity contribution in [2.75, 3.05) is 6.61 Å². The highest BCUT2D eigenvalue weighted by molar-refractivity contribution is 6.32. The first-order valence-corrected chi connectivity index (χ1v) is 8.16. The normalized spacial score (nSPS) is 12.0. The Balaban J connectivity index is 2.06. The number of aliphatic hydroxyl groups excluding tert-OH is 1. The minimum absolute atomic E-state index is 0.0963. The fourth-order valence-corrected chi connectivity index (χ4v) is 2.49. The van der Waals surface area contributed by atoms with E-state index in [0.717, 1.165) is 0 Å². The quantitative estimate of drug-likeness (QED) is 0.801. The average Bonchev–Trinajstić information content (AvgIpc) is 2.56. The van der Waals surface area contributed by atoms with Gasteiger partial charge in [-0.1, -0.05) is 25.4 Å². The Kier molecular flexibility index (Phi) is 6.58. The summed E-state index contributed by atoms with van der Waals surface area (Å²) in [5.41, 5.74) is 0.421. The second-order valence-electron chi connectivity index (χ2n) is 5.91. The number of carbonyl (C=O) groups is 1. The lowest BCUT2D eigenvalue weighted by atomic mass is 10.0. The molecule has 0 spiro atoms. The van der Waals surface area contributed by atoms with Crippen molar-refractivity contribution in [2.24, 2.45) is 5.92 Å². The number of aromatic nitrogens is 1. The van der Waals surface area contributed by atoms with E-state index in [1.54, 1.807) is 42.7 Å². The van der Waals surface area contributed by atoms with Gasteiger partial charge < -0.3 is 15.2 Å². The smallest absolute Gasteiger partial charge is 0.251 e. The summed E-state index contributed by atoms with van der Waals surface area (Å²) in [6.45, 7) is 3.98. The van der Waals surface area contributed by atoms with Crippen LogP contribution in [-0.4, -0.2) is 28.6 Å². The molecule has 0 radical (unpaired) electrons. The van der Waals surface area contributed by atoms with Crippen molar-refractivity contribution in [3.05, 3.63) is 53.3 Å². The number of benzene rings is 1. The Hall–Kier alpha value is -2.11. The van der Waals surface area contributed by atoms with Gasteiger partial charge in [0.15, 0.2) is 0 Å². The lowest BCUT2D eigenvalue weighted by Crippen LogP contribution is -2.38. The highest BCUT2D eigenvalue weighted by Crippen LogP contribution is 2.29. The van der Waals surface area contributed by atoms with Crippen molar-refractivity contribution >= 4 is 17.5 Å². The van der Waals surface area contributed by atoms with Crippen LogP contribution in [0, 0.1) is 5.92 Å². The van der Waals surface area contributed by atoms with E-state index < -0.39 is 0 Å². The second-order valence-corrected chi connectivity index (χ2v) is 6.32. The fraction of sp³-hybridized carbons (Fsp3) is 0.333. The zero-order chi connectivity index (χ0) is 17.5. The third-order valence-electron chi connectivity index (χ3n) is 3.38. The zero-order valence-electron chi connectivity index (χ0n) is 13.7. The van der Waals surface area contributed by atoms with Gasteiger partial charge in [-0.25, -0.2) is 0 Å². The molecule has 1 aromatic carbocycles. The number of hydrogen-bond donors (Lipinski definition) is 2. The number of aliphatic hydroxyl groups is 1. The minimum atomic E-state index is -0.274. The number of amides is 1. The van der Waals surface area contributed by atoms with E-state index in [2.05, 4.69) is 10.3 Å². The van der Waals surface area contributed by atoms with Crippen LogP contribution >= 0.6 is 11.6 Å². The van der Waals surface area contributed by atoms with Crippen molar-refractivity contribution in [3.8, 4) is 11.5 Å². The summed E-state index contributed by atoms with van der Waals surface area (Å²) in [5, 5.41) is 12.5. The predicted octanol–water partition coefficient (Wildman–Crippen LogP) is 3.66. The van der Waals surface area contributed by atoms with Crippen LogP contribution in [0.4, 0.5) is 0 Å². The van der Waals surface area contributed by atoms with Crippen molar-refractivity contribution in [3.63, 3.8) is 0 Å². The van der Waals surface area contributed by atoms with E-state index in [9.17, 15) is 9.90 Å². The van der Waals surface area contributed by atoms with E-state index in [0.29, 0.717) is 34.4 Å². The third-order valence-corrected chi connectivity index (χ3v) is 3.68. The molecule has 2 N–H and O–H groups in total. The molecule has 5 nitrogen and oxygen atoms in total. The lowest BCUT2D eigenvalue weighted by Gasteiger charge is -2.18. The standard InChI is InChI=1S/C18H21ClN2O3/c1-12(2)9-14(11-22)21-18(23)13-3-4-17(16(19)10-13)24-15-5-7-20-8-6-15/h3-8,10,12,14,22H,9,11H2,1-2H3,(H,21,23). The maximum absolute atomic E-state index is 12.3. The van der Waals surface area contributed by atoms with Crippen molar-refractivity contribution in [1.29, 1.82) is 0 Å². The van der Waals surface area contributed by atoms with Crippen molar-refractivity contribution < 1.29 is 14.6 Å². The number of pyridine rings is 1. The van der Waals surface area contributed by atoms with E-state index >= 15 is 0 Å². The summed E-state index contributed by atoms with van der Waals surface area (Å²) in [4.78, 5) is 16.2. The Bertz CT molecular complexity index is 677. The first-order valence-electron chi connectivity index (χ1n) is 7.78. The molecule has 24 heavy (non-hydrogen) atoms. The van der Waals surface area contributed by atoms with Gasteiger partial charge in [-0.3, -0.25) is 9.78 Å². The maximum atomic E-state index is 12.3. The molecule has 1 amide bonds. The predicted molar refractivity (Wildman–Crippen MR) is 93.6 cm³/mol. The molecule has 0 fully saturated rings. The summed E-state index contributed by atoms with van der Waals surface area (Å²) in [6, 6.07) is 8.00. The third kappa shape index (κ3) is 5.22. The summed E-state index contributed by atoms with van der Waals surface area (Å²) in [7, 11) is 0. The number of hydrogen-bond acceptors (Lipinski definition) is 4. The highest BCUT2D eigenvalue weighted by atomic mass is 35.5. The monoisotopic (exact) mass is 348 g/mol. The topological polar surface area (TPSA) is 71.5 Å². The average molecular weight is 349 g/mol. The van der Waals surface area contributed by atoms with Crippen LogP contribution in [0.2, 0.25) is 5.02 Å². The highest BCUT2D eigenvalue weighted by Gasteiger charge is 2.16. The molecule has 0 aliphatic carbocycles. The van der Waals surface area contributed by atoms with Gasteiger partial charge in [-0.05, 0) is 42.7 Å². The maximum Gasteiger partial charge on any atom is 0.251 e. The molecule has 0 aliphatic rings. The first-order chi connectivity index (χ1) is 11.5. The molecule has 0 bridgehead atoms. The minimum Gasteiger partial charge on any atom is -0.456 e. The molecular weight excluding hydrogens is 328 g/mol. The molecule has 0 saturated heterocycles. The number of rotatable bonds is 7. The summed E-state index contributed by atoms with van der Waals surface area (Å²) in [5.74, 6) is 1.18. The second kappa shape index (κ2) is 8.66. The molecule has 2 rings (SSSR count). The lowest BCUT2D eigenvalue weighted by molar-refractivity contribution is 0.0908. The largest absolute Gasteiger partial charge is 0.456 e. The van der Waals surface area contributed by atoms with E-state index in [4.69, 9.17) is 16.3 Å². The Morgan fingerprint density at radius 3 is 2.58 bits per heavy atom. The molecule has 2 aromatic rings. The number of carbonyl (C=O) groups excluding carboxylic acids is 1. The molecule has 1 atom stereocenters. The van der Waals surface area contributed by atoms with Crippen LogP contribution in [0.5, 0.6) is 11.5 Å². The van der Waals surface area contributed by atoms with Crippen molar-refractivity contribution in [2.45, 2.75) is 26.3 Å². The first kappa shape index (κ1) is 18.2. The zero-order valence-corrected chi connectivity index (χ0v) is 14.5. The van der Waals surface area contributed by atoms with Gasteiger partial charge in [0.1, 0.15) is 11.5 Å². The van der Waals surface area contributed by atoms with Gasteiger partial charge in [0.25, 0.3) is 5.91 Å². The number of nitrogens with one attached hydrogen (secondary N) is 1. The van der Waals surface area contributed by atoms with Gasteiger partial charge >= 0.3 is 0 Å². The van der Waals surface area contributed by atoms with Gasteiger partial charge in [-0.2, -0.15) is 0 Å². The van der Waals surface area contributed by atoms with E-state index in [-0.39, 0.29) is 18.6 Å². The molecule has 1 heterocycles. The number of ether oxygens (including phenoxy) is 1. The summed E-state index contributed by atoms with van der Waals surface area (Å²) in [6.07, 6.45) is 3.95. The Morgan fingerprint density at radius 1 is 1.29 bits per heavy atom. The van der Waals surface area contributed by atoms with E-state index in [1.807, 2.05) is 13.8 Å². The molecular formula is C18H21ClN2O3. The van der Waals surface area contributed by atoms with Crippen LogP contribution in [0.15, 0.2) is 42.7 Å². The molecule has 0 saturated carbocycles. The fourth-order valence-electron chi connectivity index (χ4n) is 2.27. The molecule has 128 valence electrons. The van der Waals surface area contributed by atoms with Crippen LogP contribution in [0.3, 0.4) is 0 Å². The van der Waals surface area contributed by atoms with E-state index in [1.165, 1.54) is 0 Å². The Morgan fingerprint density at radius 2 is 2.00 bits per heavy atom. The Labute approximate surface area is 146 Å². The van der Waals surface area contributed by atoms with Gasteiger partial charge in [0.2, 0.25) is 0 Å². The number of halogens is 1. The van der Waals surface area contributed by atoms with Gasteiger partial charge in [-0.15, -0.1) is 0 Å².